The van der Waals surface area contributed by atoms with Crippen LogP contribution in [0.5, 0.6) is 0 Å². The second-order valence-electron chi connectivity index (χ2n) is 4.64. The number of unbranched alkanes of at least 4 members (excludes halogenated alkanes) is 1. The van der Waals surface area contributed by atoms with E-state index < -0.39 is 0 Å². The van der Waals surface area contributed by atoms with E-state index in [0.29, 0.717) is 0 Å². The fourth-order valence-corrected chi connectivity index (χ4v) is 2.35. The van der Waals surface area contributed by atoms with Crippen molar-refractivity contribution in [2.75, 3.05) is 13.1 Å². The quantitative estimate of drug-likeness (QED) is 0.746. The third-order valence-corrected chi connectivity index (χ3v) is 3.35. The molecule has 1 aromatic rings. The van der Waals surface area contributed by atoms with E-state index in [0.717, 1.165) is 19.6 Å². The summed E-state index contributed by atoms with van der Waals surface area (Å²) in [6.07, 6.45) is 9.64. The summed E-state index contributed by atoms with van der Waals surface area (Å²) < 4.78 is 2.34. The minimum Gasteiger partial charge on any atom is -0.333 e. The largest absolute Gasteiger partial charge is 0.333 e. The third kappa shape index (κ3) is 2.85. The Balaban J connectivity index is 1.78. The SMILES string of the molecule is CCCCNCCn1cnc2c1CCCC2. The van der Waals surface area contributed by atoms with Gasteiger partial charge in [-0.15, -0.1) is 0 Å². The van der Waals surface area contributed by atoms with Gasteiger partial charge in [0.05, 0.1) is 12.0 Å². The average molecular weight is 221 g/mol. The molecule has 0 saturated carbocycles. The Morgan fingerprint density at radius 2 is 2.19 bits per heavy atom. The molecule has 0 aromatic carbocycles. The van der Waals surface area contributed by atoms with Gasteiger partial charge in [0, 0.05) is 18.8 Å². The Labute approximate surface area is 98.3 Å². The van der Waals surface area contributed by atoms with Crippen LogP contribution in [0.3, 0.4) is 0 Å². The molecule has 90 valence electrons. The normalized spacial score (nSPS) is 15.1. The maximum Gasteiger partial charge on any atom is 0.0952 e. The zero-order chi connectivity index (χ0) is 11.2. The molecule has 1 aliphatic carbocycles. The zero-order valence-corrected chi connectivity index (χ0v) is 10.3. The van der Waals surface area contributed by atoms with Crippen LogP contribution in [0.1, 0.15) is 44.0 Å². The summed E-state index contributed by atoms with van der Waals surface area (Å²) in [5.41, 5.74) is 2.84. The van der Waals surface area contributed by atoms with Gasteiger partial charge in [-0.2, -0.15) is 0 Å². The second-order valence-corrected chi connectivity index (χ2v) is 4.64. The van der Waals surface area contributed by atoms with Gasteiger partial charge in [0.2, 0.25) is 0 Å². The van der Waals surface area contributed by atoms with Crippen molar-refractivity contribution >= 4 is 0 Å². The molecule has 1 N–H and O–H groups in total. The van der Waals surface area contributed by atoms with E-state index in [2.05, 4.69) is 21.8 Å². The van der Waals surface area contributed by atoms with E-state index in [1.54, 1.807) is 0 Å². The maximum absolute atomic E-state index is 4.51. The highest BCUT2D eigenvalue weighted by Crippen LogP contribution is 2.19. The Kier molecular flexibility index (Phi) is 4.40. The van der Waals surface area contributed by atoms with E-state index in [9.17, 15) is 0 Å². The van der Waals surface area contributed by atoms with Crippen LogP contribution in [-0.4, -0.2) is 22.6 Å². The first kappa shape index (κ1) is 11.6. The van der Waals surface area contributed by atoms with Gasteiger partial charge in [-0.3, -0.25) is 0 Å². The Hall–Kier alpha value is -0.830. The maximum atomic E-state index is 4.51. The number of aryl methyl sites for hydroxylation is 1. The van der Waals surface area contributed by atoms with Crippen LogP contribution in [0.25, 0.3) is 0 Å². The van der Waals surface area contributed by atoms with Crippen molar-refractivity contribution < 1.29 is 0 Å². The molecule has 0 aliphatic heterocycles. The van der Waals surface area contributed by atoms with Crippen LogP contribution in [0.2, 0.25) is 0 Å². The predicted molar refractivity (Wildman–Crippen MR) is 66.6 cm³/mol. The van der Waals surface area contributed by atoms with Gasteiger partial charge in [0.15, 0.2) is 0 Å². The number of aromatic nitrogens is 2. The Morgan fingerprint density at radius 1 is 1.31 bits per heavy atom. The van der Waals surface area contributed by atoms with Crippen molar-refractivity contribution in [3.05, 3.63) is 17.7 Å². The number of nitrogens with zero attached hydrogens (tertiary/aromatic N) is 2. The summed E-state index contributed by atoms with van der Waals surface area (Å²) in [7, 11) is 0. The third-order valence-electron chi connectivity index (χ3n) is 3.35. The lowest BCUT2D eigenvalue weighted by atomic mass is 10.0. The molecule has 0 unspecified atom stereocenters. The van der Waals surface area contributed by atoms with Crippen LogP contribution in [-0.2, 0) is 19.4 Å². The first-order valence-electron chi connectivity index (χ1n) is 6.65. The van der Waals surface area contributed by atoms with Gasteiger partial charge in [-0.1, -0.05) is 13.3 Å². The minimum absolute atomic E-state index is 1.07. The lowest BCUT2D eigenvalue weighted by molar-refractivity contribution is 0.553. The predicted octanol–water partition coefficient (Wildman–Crippen LogP) is 2.15. The molecule has 0 bridgehead atoms. The fraction of sp³-hybridized carbons (Fsp3) is 0.769. The van der Waals surface area contributed by atoms with Crippen LogP contribution < -0.4 is 5.32 Å². The molecule has 1 aromatic heterocycles. The van der Waals surface area contributed by atoms with Crippen molar-refractivity contribution in [2.24, 2.45) is 0 Å². The van der Waals surface area contributed by atoms with Gasteiger partial charge in [0.25, 0.3) is 0 Å². The first-order valence-corrected chi connectivity index (χ1v) is 6.65. The first-order chi connectivity index (χ1) is 7.92. The van der Waals surface area contributed by atoms with Crippen LogP contribution in [0.4, 0.5) is 0 Å². The second kappa shape index (κ2) is 6.04. The number of hydrogen-bond donors (Lipinski definition) is 1. The summed E-state index contributed by atoms with van der Waals surface area (Å²) in [6, 6.07) is 0. The Bertz CT molecular complexity index is 317. The van der Waals surface area contributed by atoms with Gasteiger partial charge in [-0.05, 0) is 38.6 Å². The van der Waals surface area contributed by atoms with Gasteiger partial charge < -0.3 is 9.88 Å². The molecule has 1 heterocycles. The molecule has 16 heavy (non-hydrogen) atoms. The summed E-state index contributed by atoms with van der Waals surface area (Å²) in [6.45, 7) is 5.52. The van der Waals surface area contributed by atoms with Crippen LogP contribution in [0, 0.1) is 0 Å². The lowest BCUT2D eigenvalue weighted by Gasteiger charge is -2.14. The standard InChI is InChI=1S/C13H23N3/c1-2-3-8-14-9-10-16-11-15-12-6-4-5-7-13(12)16/h11,14H,2-10H2,1H3. The van der Waals surface area contributed by atoms with Crippen LogP contribution >= 0.6 is 0 Å². The van der Waals surface area contributed by atoms with Crippen molar-refractivity contribution in [1.82, 2.24) is 14.9 Å². The van der Waals surface area contributed by atoms with Crippen molar-refractivity contribution in [2.45, 2.75) is 52.0 Å². The molecule has 0 amide bonds. The molecular weight excluding hydrogens is 198 g/mol. The number of fused-ring (bicyclic) bond motifs is 1. The van der Waals surface area contributed by atoms with E-state index in [1.165, 1.54) is 49.9 Å². The van der Waals surface area contributed by atoms with Gasteiger partial charge in [-0.25, -0.2) is 4.98 Å². The minimum atomic E-state index is 1.07. The van der Waals surface area contributed by atoms with E-state index in [1.807, 2.05) is 6.33 Å². The van der Waals surface area contributed by atoms with E-state index >= 15 is 0 Å². The molecule has 0 radical (unpaired) electrons. The summed E-state index contributed by atoms with van der Waals surface area (Å²) >= 11 is 0. The number of hydrogen-bond acceptors (Lipinski definition) is 2. The fourth-order valence-electron chi connectivity index (χ4n) is 2.35. The molecule has 0 spiro atoms. The van der Waals surface area contributed by atoms with Crippen LogP contribution in [0.15, 0.2) is 6.33 Å². The highest BCUT2D eigenvalue weighted by Gasteiger charge is 2.14. The van der Waals surface area contributed by atoms with Crippen molar-refractivity contribution in [1.29, 1.82) is 0 Å². The topological polar surface area (TPSA) is 29.9 Å². The molecular formula is C13H23N3. The monoisotopic (exact) mass is 221 g/mol. The molecule has 0 fully saturated rings. The number of rotatable bonds is 6. The summed E-state index contributed by atoms with van der Waals surface area (Å²) in [4.78, 5) is 4.51. The Morgan fingerprint density at radius 3 is 3.06 bits per heavy atom. The van der Waals surface area contributed by atoms with Gasteiger partial charge >= 0.3 is 0 Å². The number of imidazole rings is 1. The molecule has 1 aliphatic rings. The van der Waals surface area contributed by atoms with E-state index in [-0.39, 0.29) is 0 Å². The number of nitrogens with one attached hydrogen (secondary N) is 1. The molecule has 3 heteroatoms. The molecule has 0 atom stereocenters. The smallest absolute Gasteiger partial charge is 0.0952 e. The lowest BCUT2D eigenvalue weighted by Crippen LogP contribution is -2.22. The zero-order valence-electron chi connectivity index (χ0n) is 10.3. The molecule has 2 rings (SSSR count). The summed E-state index contributed by atoms with van der Waals surface area (Å²) in [5.74, 6) is 0. The molecule has 0 saturated heterocycles. The van der Waals surface area contributed by atoms with Crippen molar-refractivity contribution in [3.63, 3.8) is 0 Å². The van der Waals surface area contributed by atoms with E-state index in [4.69, 9.17) is 0 Å². The summed E-state index contributed by atoms with van der Waals surface area (Å²) in [5, 5.41) is 3.48. The highest BCUT2D eigenvalue weighted by atomic mass is 15.1. The average Bonchev–Trinajstić information content (AvgIpc) is 2.73. The van der Waals surface area contributed by atoms with Crippen molar-refractivity contribution in [3.8, 4) is 0 Å². The molecule has 3 nitrogen and oxygen atoms in total. The highest BCUT2D eigenvalue weighted by molar-refractivity contribution is 5.16. The van der Waals surface area contributed by atoms with Gasteiger partial charge in [0.1, 0.15) is 0 Å².